The molecule has 1 aliphatic carbocycles. The minimum absolute atomic E-state index is 0.105. The van der Waals surface area contributed by atoms with Crippen LogP contribution >= 0.6 is 0 Å². The molecule has 2 aliphatic rings. The van der Waals surface area contributed by atoms with Crippen LogP contribution in [0, 0.1) is 18.7 Å². The molecule has 2 atom stereocenters. The van der Waals surface area contributed by atoms with Gasteiger partial charge in [0, 0.05) is 5.69 Å². The number of piperazine rings is 1. The van der Waals surface area contributed by atoms with Crippen molar-refractivity contribution in [2.75, 3.05) is 4.90 Å². The third-order valence-electron chi connectivity index (χ3n) is 4.62. The van der Waals surface area contributed by atoms with Gasteiger partial charge in [-0.05, 0) is 63.3 Å². The zero-order chi connectivity index (χ0) is 15.4. The molecule has 5 heteroatoms. The van der Waals surface area contributed by atoms with Crippen LogP contribution in [0.1, 0.15) is 32.3 Å². The largest absolute Gasteiger partial charge is 0.340 e. The molecule has 1 aromatic rings. The maximum absolute atomic E-state index is 13.3. The average Bonchev–Trinajstić information content (AvgIpc) is 3.24. The second kappa shape index (κ2) is 4.55. The lowest BCUT2D eigenvalue weighted by Gasteiger charge is -2.44. The number of hydrogen-bond acceptors (Lipinski definition) is 2. The second-order valence-electron chi connectivity index (χ2n) is 6.25. The Morgan fingerprint density at radius 1 is 1.33 bits per heavy atom. The highest BCUT2D eigenvalue weighted by Crippen LogP contribution is 2.43. The number of anilines is 1. The van der Waals surface area contributed by atoms with Crippen LogP contribution < -0.4 is 10.2 Å². The van der Waals surface area contributed by atoms with Crippen LogP contribution in [0.3, 0.4) is 0 Å². The van der Waals surface area contributed by atoms with E-state index in [4.69, 9.17) is 0 Å². The predicted molar refractivity (Wildman–Crippen MR) is 77.4 cm³/mol. The molecule has 0 radical (unpaired) electrons. The fourth-order valence-electron chi connectivity index (χ4n) is 3.10. The Morgan fingerprint density at radius 3 is 2.57 bits per heavy atom. The quantitative estimate of drug-likeness (QED) is 0.907. The molecule has 3 rings (SSSR count). The first-order valence-electron chi connectivity index (χ1n) is 7.26. The summed E-state index contributed by atoms with van der Waals surface area (Å²) in [5.41, 5.74) is 0.420. The van der Waals surface area contributed by atoms with E-state index in [1.807, 2.05) is 0 Å². The summed E-state index contributed by atoms with van der Waals surface area (Å²) < 4.78 is 13.3. The van der Waals surface area contributed by atoms with Crippen LogP contribution in [0.5, 0.6) is 0 Å². The fraction of sp³-hybridized carbons (Fsp3) is 0.500. The number of aryl methyl sites for hydroxylation is 1. The molecule has 0 aromatic heterocycles. The van der Waals surface area contributed by atoms with Crippen molar-refractivity contribution >= 4 is 17.5 Å². The molecule has 2 unspecified atom stereocenters. The molecular weight excluding hydrogens is 271 g/mol. The van der Waals surface area contributed by atoms with Gasteiger partial charge in [0.1, 0.15) is 17.4 Å². The zero-order valence-electron chi connectivity index (χ0n) is 12.4. The topological polar surface area (TPSA) is 49.4 Å². The molecule has 4 nitrogen and oxygen atoms in total. The molecule has 0 spiro atoms. The van der Waals surface area contributed by atoms with Crippen molar-refractivity contribution in [2.24, 2.45) is 5.92 Å². The average molecular weight is 290 g/mol. The van der Waals surface area contributed by atoms with E-state index >= 15 is 0 Å². The number of carbonyl (C=O) groups excluding carboxylic acids is 2. The molecular formula is C16H19FN2O2. The summed E-state index contributed by atoms with van der Waals surface area (Å²) in [4.78, 5) is 26.7. The first-order valence-corrected chi connectivity index (χ1v) is 7.26. The minimum Gasteiger partial charge on any atom is -0.340 e. The van der Waals surface area contributed by atoms with E-state index in [0.717, 1.165) is 12.8 Å². The molecule has 1 N–H and O–H groups in total. The van der Waals surface area contributed by atoms with E-state index < -0.39 is 11.6 Å². The number of nitrogens with one attached hydrogen (secondary N) is 1. The number of benzene rings is 1. The van der Waals surface area contributed by atoms with Crippen LogP contribution in [-0.2, 0) is 9.59 Å². The van der Waals surface area contributed by atoms with Crippen LogP contribution in [0.15, 0.2) is 18.2 Å². The minimum atomic E-state index is -0.843. The van der Waals surface area contributed by atoms with Gasteiger partial charge in [0.2, 0.25) is 5.91 Å². The summed E-state index contributed by atoms with van der Waals surface area (Å²) in [6.45, 7) is 5.24. The van der Waals surface area contributed by atoms with Crippen molar-refractivity contribution in [1.82, 2.24) is 5.32 Å². The van der Waals surface area contributed by atoms with E-state index in [9.17, 15) is 14.0 Å². The Bertz CT molecular complexity index is 627. The summed E-state index contributed by atoms with van der Waals surface area (Å²) in [7, 11) is 0. The molecule has 21 heavy (non-hydrogen) atoms. The summed E-state index contributed by atoms with van der Waals surface area (Å²) >= 11 is 0. The number of nitrogens with zero attached hydrogens (tertiary/aromatic N) is 1. The number of carbonyl (C=O) groups is 2. The van der Waals surface area contributed by atoms with E-state index in [1.54, 1.807) is 26.8 Å². The third-order valence-corrected chi connectivity index (χ3v) is 4.62. The summed E-state index contributed by atoms with van der Waals surface area (Å²) in [6, 6.07) is 3.69. The van der Waals surface area contributed by atoms with Gasteiger partial charge < -0.3 is 5.32 Å². The van der Waals surface area contributed by atoms with Crippen molar-refractivity contribution in [2.45, 2.75) is 45.2 Å². The van der Waals surface area contributed by atoms with Crippen LogP contribution in [0.25, 0.3) is 0 Å². The van der Waals surface area contributed by atoms with Gasteiger partial charge in [-0.15, -0.1) is 0 Å². The first kappa shape index (κ1) is 14.0. The Balaban J connectivity index is 2.05. The maximum Gasteiger partial charge on any atom is 0.253 e. The number of amides is 2. The van der Waals surface area contributed by atoms with Gasteiger partial charge in [-0.3, -0.25) is 14.5 Å². The summed E-state index contributed by atoms with van der Waals surface area (Å²) in [5.74, 6) is -0.410. The molecule has 1 aliphatic heterocycles. The number of halogens is 1. The second-order valence-corrected chi connectivity index (χ2v) is 6.25. The standard InChI is InChI=1S/C16H19FN2O2/c1-9-8-12(17)6-7-13(9)19-10(2)14(20)18-16(3,15(19)21)11-4-5-11/h6-8,10-11H,4-5H2,1-3H3,(H,18,20). The molecule has 0 bridgehead atoms. The highest BCUT2D eigenvalue weighted by Gasteiger charge is 2.55. The Hall–Kier alpha value is -1.91. The lowest BCUT2D eigenvalue weighted by Crippen LogP contribution is -2.70. The van der Waals surface area contributed by atoms with Gasteiger partial charge in [-0.25, -0.2) is 4.39 Å². The number of hydrogen-bond donors (Lipinski definition) is 1. The van der Waals surface area contributed by atoms with Gasteiger partial charge in [0.15, 0.2) is 0 Å². The van der Waals surface area contributed by atoms with Gasteiger partial charge in [-0.2, -0.15) is 0 Å². The maximum atomic E-state index is 13.3. The van der Waals surface area contributed by atoms with E-state index in [1.165, 1.54) is 17.0 Å². The van der Waals surface area contributed by atoms with Crippen molar-refractivity contribution in [3.05, 3.63) is 29.6 Å². The van der Waals surface area contributed by atoms with Gasteiger partial charge in [0.25, 0.3) is 5.91 Å². The molecule has 2 amide bonds. The van der Waals surface area contributed by atoms with Crippen molar-refractivity contribution in [3.8, 4) is 0 Å². The van der Waals surface area contributed by atoms with Crippen molar-refractivity contribution < 1.29 is 14.0 Å². The molecule has 2 fully saturated rings. The normalized spacial score (nSPS) is 29.5. The van der Waals surface area contributed by atoms with Gasteiger partial charge in [-0.1, -0.05) is 0 Å². The summed E-state index contributed by atoms with van der Waals surface area (Å²) in [5, 5.41) is 2.88. The first-order chi connectivity index (χ1) is 9.84. The molecule has 1 heterocycles. The van der Waals surface area contributed by atoms with E-state index in [0.29, 0.717) is 11.3 Å². The fourth-order valence-corrected chi connectivity index (χ4v) is 3.10. The zero-order valence-corrected chi connectivity index (χ0v) is 12.4. The SMILES string of the molecule is Cc1cc(F)ccc1N1C(=O)C(C)(C2CC2)NC(=O)C1C. The third kappa shape index (κ3) is 2.11. The Kier molecular flexibility index (Phi) is 3.04. The van der Waals surface area contributed by atoms with Gasteiger partial charge in [0.05, 0.1) is 0 Å². The Labute approximate surface area is 123 Å². The molecule has 1 saturated heterocycles. The van der Waals surface area contributed by atoms with E-state index in [-0.39, 0.29) is 23.5 Å². The van der Waals surface area contributed by atoms with Crippen LogP contribution in [-0.4, -0.2) is 23.4 Å². The smallest absolute Gasteiger partial charge is 0.253 e. The lowest BCUT2D eigenvalue weighted by atomic mass is 9.89. The van der Waals surface area contributed by atoms with Gasteiger partial charge >= 0.3 is 0 Å². The molecule has 1 saturated carbocycles. The highest BCUT2D eigenvalue weighted by atomic mass is 19.1. The number of rotatable bonds is 2. The molecule has 112 valence electrons. The summed E-state index contributed by atoms with van der Waals surface area (Å²) in [6.07, 6.45) is 1.90. The predicted octanol–water partition coefficient (Wildman–Crippen LogP) is 2.15. The van der Waals surface area contributed by atoms with Crippen LogP contribution in [0.4, 0.5) is 10.1 Å². The van der Waals surface area contributed by atoms with Crippen LogP contribution in [0.2, 0.25) is 0 Å². The monoisotopic (exact) mass is 290 g/mol. The van der Waals surface area contributed by atoms with Crippen molar-refractivity contribution in [1.29, 1.82) is 0 Å². The molecule has 1 aromatic carbocycles. The lowest BCUT2D eigenvalue weighted by molar-refractivity contribution is -0.138. The Morgan fingerprint density at radius 2 is 2.00 bits per heavy atom. The van der Waals surface area contributed by atoms with Crippen molar-refractivity contribution in [3.63, 3.8) is 0 Å². The van der Waals surface area contributed by atoms with E-state index in [2.05, 4.69) is 5.32 Å². The highest BCUT2D eigenvalue weighted by molar-refractivity contribution is 6.11.